The minimum absolute atomic E-state index is 0.220. The van der Waals surface area contributed by atoms with Crippen LogP contribution in [0.15, 0.2) is 28.7 Å². The summed E-state index contributed by atoms with van der Waals surface area (Å²) in [6, 6.07) is 7.28. The maximum atomic E-state index is 12.2. The van der Waals surface area contributed by atoms with Gasteiger partial charge in [0.15, 0.2) is 0 Å². The molecule has 1 aromatic carbocycles. The Kier molecular flexibility index (Phi) is 7.63. The molecule has 2 aliphatic rings. The van der Waals surface area contributed by atoms with Crippen molar-refractivity contribution in [1.29, 1.82) is 0 Å². The number of hydrogen-bond donors (Lipinski definition) is 1. The van der Waals surface area contributed by atoms with Crippen LogP contribution < -0.4 is 0 Å². The molecule has 2 saturated carbocycles. The van der Waals surface area contributed by atoms with E-state index in [1.165, 1.54) is 19.3 Å². The largest absolute Gasteiger partial charge is 0.462 e. The van der Waals surface area contributed by atoms with Crippen molar-refractivity contribution in [2.75, 3.05) is 6.61 Å². The van der Waals surface area contributed by atoms with E-state index in [-0.39, 0.29) is 11.4 Å². The van der Waals surface area contributed by atoms with Crippen LogP contribution in [0.2, 0.25) is 0 Å². The van der Waals surface area contributed by atoms with Gasteiger partial charge in [-0.15, -0.1) is 0 Å². The van der Waals surface area contributed by atoms with E-state index < -0.39 is 5.60 Å². The summed E-state index contributed by atoms with van der Waals surface area (Å²) < 4.78 is 6.45. The molecule has 0 heterocycles. The highest BCUT2D eigenvalue weighted by Gasteiger charge is 2.57. The zero-order chi connectivity index (χ0) is 22.9. The maximum Gasteiger partial charge on any atom is 0.338 e. The lowest BCUT2D eigenvalue weighted by atomic mass is 9.45. The molecule has 2 fully saturated rings. The summed E-state index contributed by atoms with van der Waals surface area (Å²) in [6.45, 7) is 12.1. The lowest BCUT2D eigenvalue weighted by Crippen LogP contribution is -2.57. The molecule has 0 bridgehead atoms. The third-order valence-electron chi connectivity index (χ3n) is 8.63. The molecule has 0 saturated heterocycles. The molecule has 1 N–H and O–H groups in total. The first-order valence-corrected chi connectivity index (χ1v) is 12.9. The van der Waals surface area contributed by atoms with Crippen molar-refractivity contribution in [2.45, 2.75) is 91.6 Å². The molecule has 0 radical (unpaired) electrons. The van der Waals surface area contributed by atoms with Gasteiger partial charge in [0.1, 0.15) is 0 Å². The summed E-state index contributed by atoms with van der Waals surface area (Å²) in [6.07, 6.45) is 8.87. The monoisotopic (exact) mass is 492 g/mol. The van der Waals surface area contributed by atoms with Crippen molar-refractivity contribution in [3.05, 3.63) is 34.3 Å². The van der Waals surface area contributed by atoms with Gasteiger partial charge in [-0.1, -0.05) is 56.5 Å². The van der Waals surface area contributed by atoms with Gasteiger partial charge in [-0.05, 0) is 98.3 Å². The Labute approximate surface area is 197 Å². The SMILES string of the molecule is C[C@H](CCOC(=O)c1ccc(Br)cc1)CC[C@@H]1[C@@]2(C)CCCC(C)(C)[C@@H]2CC[C@@]1(C)O. The van der Waals surface area contributed by atoms with Crippen molar-refractivity contribution < 1.29 is 14.6 Å². The van der Waals surface area contributed by atoms with Crippen LogP contribution in [0.5, 0.6) is 0 Å². The molecule has 1 aromatic rings. The van der Waals surface area contributed by atoms with Crippen LogP contribution in [-0.2, 0) is 4.74 Å². The Morgan fingerprint density at radius 1 is 1.13 bits per heavy atom. The smallest absolute Gasteiger partial charge is 0.338 e. The van der Waals surface area contributed by atoms with E-state index in [0.29, 0.717) is 35.3 Å². The van der Waals surface area contributed by atoms with Gasteiger partial charge in [-0.25, -0.2) is 4.79 Å². The first-order chi connectivity index (χ1) is 14.5. The highest BCUT2D eigenvalue weighted by molar-refractivity contribution is 9.10. The minimum Gasteiger partial charge on any atom is -0.462 e. The van der Waals surface area contributed by atoms with E-state index in [0.717, 1.165) is 36.6 Å². The van der Waals surface area contributed by atoms with Crippen LogP contribution in [0.4, 0.5) is 0 Å². The topological polar surface area (TPSA) is 46.5 Å². The number of halogens is 1. The first kappa shape index (κ1) is 24.8. The Morgan fingerprint density at radius 3 is 2.48 bits per heavy atom. The number of fused-ring (bicyclic) bond motifs is 1. The van der Waals surface area contributed by atoms with Crippen LogP contribution in [0.1, 0.15) is 96.3 Å². The van der Waals surface area contributed by atoms with Crippen molar-refractivity contribution in [2.24, 2.45) is 28.6 Å². The molecule has 0 spiro atoms. The number of esters is 1. The normalized spacial score (nSPS) is 33.4. The number of carbonyl (C=O) groups is 1. The molecular weight excluding hydrogens is 452 g/mol. The lowest BCUT2D eigenvalue weighted by molar-refractivity contribution is -0.170. The fourth-order valence-corrected chi connectivity index (χ4v) is 7.15. The summed E-state index contributed by atoms with van der Waals surface area (Å²) >= 11 is 3.39. The molecule has 31 heavy (non-hydrogen) atoms. The van der Waals surface area contributed by atoms with Crippen molar-refractivity contribution in [1.82, 2.24) is 0 Å². The second kappa shape index (κ2) is 9.55. The predicted octanol–water partition coefficient (Wildman–Crippen LogP) is 7.41. The minimum atomic E-state index is -0.577. The van der Waals surface area contributed by atoms with Crippen LogP contribution in [0.25, 0.3) is 0 Å². The Bertz CT molecular complexity index is 754. The van der Waals surface area contributed by atoms with Crippen LogP contribution in [0, 0.1) is 28.6 Å². The van der Waals surface area contributed by atoms with E-state index in [2.05, 4.69) is 50.5 Å². The van der Waals surface area contributed by atoms with Crippen LogP contribution in [0.3, 0.4) is 0 Å². The molecule has 0 unspecified atom stereocenters. The van der Waals surface area contributed by atoms with E-state index in [4.69, 9.17) is 4.74 Å². The lowest BCUT2D eigenvalue weighted by Gasteiger charge is -2.61. The van der Waals surface area contributed by atoms with Gasteiger partial charge in [0.2, 0.25) is 0 Å². The zero-order valence-electron chi connectivity index (χ0n) is 20.0. The second-order valence-corrected chi connectivity index (χ2v) is 12.4. The summed E-state index contributed by atoms with van der Waals surface area (Å²) in [7, 11) is 0. The quantitative estimate of drug-likeness (QED) is 0.403. The number of rotatable bonds is 7. The molecule has 3 nitrogen and oxygen atoms in total. The van der Waals surface area contributed by atoms with Crippen LogP contribution in [-0.4, -0.2) is 23.3 Å². The zero-order valence-corrected chi connectivity index (χ0v) is 21.6. The number of ether oxygens (including phenoxy) is 1. The van der Waals surface area contributed by atoms with Gasteiger partial charge in [0.25, 0.3) is 0 Å². The molecule has 5 atom stereocenters. The molecule has 4 heteroatoms. The van der Waals surface area contributed by atoms with Gasteiger partial charge in [-0.3, -0.25) is 0 Å². The Morgan fingerprint density at radius 2 is 1.81 bits per heavy atom. The van der Waals surface area contributed by atoms with E-state index >= 15 is 0 Å². The third kappa shape index (κ3) is 5.55. The highest BCUT2D eigenvalue weighted by atomic mass is 79.9. The standard InChI is InChI=1S/C27H41BrO3/c1-19(14-18-31-24(29)20-8-10-21(28)11-9-20)7-12-23-26(4)16-6-15-25(2,3)22(26)13-17-27(23,5)30/h8-11,19,22-23,30H,6-7,12-18H2,1-5H3/t19-,22-,23+,26-,27+/m0/s1. The summed E-state index contributed by atoms with van der Waals surface area (Å²) in [5.41, 5.74) is 0.603. The van der Waals surface area contributed by atoms with Gasteiger partial charge in [-0.2, -0.15) is 0 Å². The molecule has 174 valence electrons. The van der Waals surface area contributed by atoms with Crippen molar-refractivity contribution >= 4 is 21.9 Å². The second-order valence-electron chi connectivity index (χ2n) is 11.5. The molecule has 0 amide bonds. The maximum absolute atomic E-state index is 12.2. The molecule has 0 aromatic heterocycles. The van der Waals surface area contributed by atoms with Gasteiger partial charge >= 0.3 is 5.97 Å². The number of hydrogen-bond acceptors (Lipinski definition) is 3. The summed E-state index contributed by atoms with van der Waals surface area (Å²) in [4.78, 5) is 12.2. The fraction of sp³-hybridized carbons (Fsp3) is 0.741. The molecule has 3 rings (SSSR count). The predicted molar refractivity (Wildman–Crippen MR) is 130 cm³/mol. The van der Waals surface area contributed by atoms with Crippen LogP contribution >= 0.6 is 15.9 Å². The van der Waals surface area contributed by atoms with Gasteiger partial charge in [0, 0.05) is 4.47 Å². The van der Waals surface area contributed by atoms with E-state index in [1.807, 2.05) is 12.1 Å². The Hall–Kier alpha value is -0.870. The first-order valence-electron chi connectivity index (χ1n) is 12.1. The van der Waals surface area contributed by atoms with E-state index in [1.54, 1.807) is 12.1 Å². The fourth-order valence-electron chi connectivity index (χ4n) is 6.88. The molecule has 0 aliphatic heterocycles. The number of carbonyl (C=O) groups excluding carboxylic acids is 1. The van der Waals surface area contributed by atoms with E-state index in [9.17, 15) is 9.90 Å². The van der Waals surface area contributed by atoms with Crippen molar-refractivity contribution in [3.8, 4) is 0 Å². The van der Waals surface area contributed by atoms with Crippen molar-refractivity contribution in [3.63, 3.8) is 0 Å². The third-order valence-corrected chi connectivity index (χ3v) is 9.16. The van der Waals surface area contributed by atoms with Gasteiger partial charge < -0.3 is 9.84 Å². The molecule has 2 aliphatic carbocycles. The summed E-state index contributed by atoms with van der Waals surface area (Å²) in [5.74, 6) is 1.25. The number of aliphatic hydroxyl groups is 1. The Balaban J connectivity index is 1.53. The average Bonchev–Trinajstić information content (AvgIpc) is 2.66. The van der Waals surface area contributed by atoms with Gasteiger partial charge in [0.05, 0.1) is 17.8 Å². The highest BCUT2D eigenvalue weighted by Crippen LogP contribution is 2.63. The molecular formula is C27H41BrO3. The summed E-state index contributed by atoms with van der Waals surface area (Å²) in [5, 5.41) is 11.3. The average molecular weight is 494 g/mol. The number of benzene rings is 1.